The third kappa shape index (κ3) is 5.74. The molecule has 0 atom stereocenters. The van der Waals surface area contributed by atoms with Crippen LogP contribution in [-0.2, 0) is 16.2 Å². The molecule has 148 valence electrons. The molecule has 0 radical (unpaired) electrons. The highest BCUT2D eigenvalue weighted by molar-refractivity contribution is 5.97. The van der Waals surface area contributed by atoms with E-state index in [0.717, 1.165) is 37.2 Å². The van der Waals surface area contributed by atoms with Crippen LogP contribution in [0.5, 0.6) is 5.75 Å². The maximum absolute atomic E-state index is 12.1. The lowest BCUT2D eigenvalue weighted by molar-refractivity contribution is -0.137. The van der Waals surface area contributed by atoms with Gasteiger partial charge in [0.05, 0.1) is 0 Å². The van der Waals surface area contributed by atoms with Crippen LogP contribution in [0.25, 0.3) is 0 Å². The fraction of sp³-hybridized carbons (Fsp3) is 0.364. The van der Waals surface area contributed by atoms with Gasteiger partial charge < -0.3 is 20.2 Å². The number of hydrogen-bond acceptors (Lipinski definition) is 4. The Morgan fingerprint density at radius 1 is 1.11 bits per heavy atom. The second-order valence-corrected chi connectivity index (χ2v) is 7.11. The zero-order valence-electron chi connectivity index (χ0n) is 16.2. The first-order valence-corrected chi connectivity index (χ1v) is 9.62. The number of rotatable bonds is 7. The Balaban J connectivity index is 1.45. The van der Waals surface area contributed by atoms with E-state index >= 15 is 0 Å². The molecular weight excluding hydrogens is 354 g/mol. The summed E-state index contributed by atoms with van der Waals surface area (Å²) in [5.74, 6) is 1.61. The zero-order valence-corrected chi connectivity index (χ0v) is 16.2. The molecular formula is C22H27N3O3. The Hall–Kier alpha value is -3.02. The number of piperidine rings is 1. The summed E-state index contributed by atoms with van der Waals surface area (Å²) >= 11 is 0. The van der Waals surface area contributed by atoms with E-state index in [9.17, 15) is 4.79 Å². The molecule has 1 amide bonds. The summed E-state index contributed by atoms with van der Waals surface area (Å²) in [6, 6.07) is 17.3. The average Bonchev–Trinajstić information content (AvgIpc) is 2.73. The van der Waals surface area contributed by atoms with Crippen molar-refractivity contribution in [2.24, 2.45) is 16.8 Å². The third-order valence-electron chi connectivity index (χ3n) is 4.89. The summed E-state index contributed by atoms with van der Waals surface area (Å²) in [4.78, 5) is 19.1. The van der Waals surface area contributed by atoms with E-state index < -0.39 is 0 Å². The number of amides is 1. The van der Waals surface area contributed by atoms with Crippen LogP contribution in [0, 0.1) is 5.92 Å². The number of ether oxygens (including phenoxy) is 1. The number of nitrogens with two attached hydrogens (primary N) is 1. The van der Waals surface area contributed by atoms with Crippen LogP contribution < -0.4 is 10.5 Å². The quantitative estimate of drug-likeness (QED) is 0.454. The summed E-state index contributed by atoms with van der Waals surface area (Å²) in [5.41, 5.74) is 7.77. The third-order valence-corrected chi connectivity index (χ3v) is 4.89. The molecule has 0 bridgehead atoms. The van der Waals surface area contributed by atoms with Crippen molar-refractivity contribution in [2.75, 3.05) is 19.7 Å². The van der Waals surface area contributed by atoms with Crippen molar-refractivity contribution in [3.8, 4) is 5.75 Å². The van der Waals surface area contributed by atoms with Crippen molar-refractivity contribution in [3.05, 3.63) is 65.7 Å². The Morgan fingerprint density at radius 2 is 1.79 bits per heavy atom. The second kappa shape index (κ2) is 9.78. The minimum Gasteiger partial charge on any atom is -0.489 e. The molecule has 0 spiro atoms. The van der Waals surface area contributed by atoms with Gasteiger partial charge in [-0.15, -0.1) is 0 Å². The van der Waals surface area contributed by atoms with E-state index in [4.69, 9.17) is 15.3 Å². The van der Waals surface area contributed by atoms with E-state index in [1.165, 1.54) is 0 Å². The van der Waals surface area contributed by atoms with Crippen LogP contribution in [0.15, 0.2) is 59.8 Å². The van der Waals surface area contributed by atoms with Gasteiger partial charge in [0.2, 0.25) is 0 Å². The highest BCUT2D eigenvalue weighted by Crippen LogP contribution is 2.16. The number of nitrogens with zero attached hydrogens (tertiary/aromatic N) is 2. The van der Waals surface area contributed by atoms with Gasteiger partial charge in [0.25, 0.3) is 5.91 Å². The number of oxime groups is 1. The number of likely N-dealkylation sites (tertiary alicyclic amines) is 1. The smallest absolute Gasteiger partial charge is 0.263 e. The molecule has 1 aliphatic heterocycles. The molecule has 0 aliphatic carbocycles. The van der Waals surface area contributed by atoms with Crippen LogP contribution in [0.1, 0.15) is 30.9 Å². The van der Waals surface area contributed by atoms with Crippen molar-refractivity contribution in [1.82, 2.24) is 4.90 Å². The first kappa shape index (κ1) is 19.7. The highest BCUT2D eigenvalue weighted by Gasteiger charge is 2.20. The van der Waals surface area contributed by atoms with Crippen LogP contribution in [0.4, 0.5) is 0 Å². The van der Waals surface area contributed by atoms with Crippen molar-refractivity contribution in [3.63, 3.8) is 0 Å². The highest BCUT2D eigenvalue weighted by atomic mass is 16.6. The fourth-order valence-corrected chi connectivity index (χ4v) is 3.02. The van der Waals surface area contributed by atoms with E-state index in [2.05, 4.69) is 12.1 Å². The van der Waals surface area contributed by atoms with Gasteiger partial charge >= 0.3 is 0 Å². The van der Waals surface area contributed by atoms with Crippen LogP contribution in [0.3, 0.4) is 0 Å². The number of benzene rings is 2. The first-order valence-electron chi connectivity index (χ1n) is 9.62. The molecule has 6 heteroatoms. The summed E-state index contributed by atoms with van der Waals surface area (Å²) in [6.07, 6.45) is 2.08. The van der Waals surface area contributed by atoms with Crippen molar-refractivity contribution in [1.29, 1.82) is 0 Å². The van der Waals surface area contributed by atoms with Crippen molar-refractivity contribution in [2.45, 2.75) is 26.4 Å². The molecule has 2 N–H and O–H groups in total. The minimum atomic E-state index is -0.0899. The predicted octanol–water partition coefficient (Wildman–Crippen LogP) is 3.16. The van der Waals surface area contributed by atoms with Gasteiger partial charge in [-0.1, -0.05) is 42.4 Å². The van der Waals surface area contributed by atoms with Gasteiger partial charge in [0, 0.05) is 18.7 Å². The minimum absolute atomic E-state index is 0.0480. The Kier molecular flexibility index (Phi) is 6.89. The summed E-state index contributed by atoms with van der Waals surface area (Å²) in [6.45, 7) is 4.19. The van der Waals surface area contributed by atoms with E-state index in [1.807, 2.05) is 59.5 Å². The lowest BCUT2D eigenvalue weighted by Gasteiger charge is -2.29. The molecule has 1 heterocycles. The van der Waals surface area contributed by atoms with Gasteiger partial charge in [-0.2, -0.15) is 0 Å². The standard InChI is InChI=1S/C22H27N3O3/c1-17-11-13-25(14-12-17)21(26)16-28-24-22(23)19-7-9-20(10-8-19)27-15-18-5-3-2-4-6-18/h2-10,17H,11-16H2,1H3,(H2,23,24). The number of carbonyl (C=O) groups excluding carboxylic acids is 1. The van der Waals surface area contributed by atoms with Crippen LogP contribution in [0.2, 0.25) is 0 Å². The number of carbonyl (C=O) groups is 1. The van der Waals surface area contributed by atoms with Crippen LogP contribution >= 0.6 is 0 Å². The molecule has 1 fully saturated rings. The SMILES string of the molecule is CC1CCN(C(=O)CON=C(N)c2ccc(OCc3ccccc3)cc2)CC1. The van der Waals surface area contributed by atoms with Gasteiger partial charge in [0.1, 0.15) is 12.4 Å². The summed E-state index contributed by atoms with van der Waals surface area (Å²) in [7, 11) is 0. The van der Waals surface area contributed by atoms with Crippen molar-refractivity contribution < 1.29 is 14.4 Å². The lowest BCUT2D eigenvalue weighted by atomic mass is 9.99. The monoisotopic (exact) mass is 381 g/mol. The normalized spacial score (nSPS) is 15.3. The topological polar surface area (TPSA) is 77.2 Å². The molecule has 0 saturated carbocycles. The molecule has 0 unspecified atom stereocenters. The molecule has 2 aromatic rings. The molecule has 1 aliphatic rings. The Labute approximate surface area is 165 Å². The molecule has 3 rings (SSSR count). The summed E-state index contributed by atoms with van der Waals surface area (Å²) in [5, 5.41) is 3.87. The molecule has 2 aromatic carbocycles. The van der Waals surface area contributed by atoms with Gasteiger partial charge in [-0.25, -0.2) is 0 Å². The first-order chi connectivity index (χ1) is 13.6. The van der Waals surface area contributed by atoms with Crippen molar-refractivity contribution >= 4 is 11.7 Å². The molecule has 0 aromatic heterocycles. The average molecular weight is 381 g/mol. The molecule has 6 nitrogen and oxygen atoms in total. The zero-order chi connectivity index (χ0) is 19.8. The fourth-order valence-electron chi connectivity index (χ4n) is 3.02. The van der Waals surface area contributed by atoms with Gasteiger partial charge in [-0.05, 0) is 48.6 Å². The molecule has 28 heavy (non-hydrogen) atoms. The van der Waals surface area contributed by atoms with Crippen LogP contribution in [-0.4, -0.2) is 36.3 Å². The van der Waals surface area contributed by atoms with E-state index in [-0.39, 0.29) is 18.3 Å². The maximum Gasteiger partial charge on any atom is 0.263 e. The largest absolute Gasteiger partial charge is 0.489 e. The Bertz CT molecular complexity index is 782. The number of hydrogen-bond donors (Lipinski definition) is 1. The van der Waals surface area contributed by atoms with Gasteiger partial charge in [0.15, 0.2) is 12.4 Å². The van der Waals surface area contributed by atoms with Gasteiger partial charge in [-0.3, -0.25) is 4.79 Å². The maximum atomic E-state index is 12.1. The second-order valence-electron chi connectivity index (χ2n) is 7.11. The summed E-state index contributed by atoms with van der Waals surface area (Å²) < 4.78 is 5.75. The predicted molar refractivity (Wildman–Crippen MR) is 109 cm³/mol. The Morgan fingerprint density at radius 3 is 2.46 bits per heavy atom. The van der Waals surface area contributed by atoms with E-state index in [0.29, 0.717) is 18.1 Å². The van der Waals surface area contributed by atoms with E-state index in [1.54, 1.807) is 0 Å². The molecule has 1 saturated heterocycles. The lowest BCUT2D eigenvalue weighted by Crippen LogP contribution is -2.39. The number of amidine groups is 1.